The minimum atomic E-state index is -0.775. The monoisotopic (exact) mass is 743 g/mol. The van der Waals surface area contributed by atoms with Crippen LogP contribution in [-0.2, 0) is 28.6 Å². The van der Waals surface area contributed by atoms with Gasteiger partial charge in [-0.2, -0.15) is 0 Å². The summed E-state index contributed by atoms with van der Waals surface area (Å²) in [5, 5.41) is 0. The van der Waals surface area contributed by atoms with Gasteiger partial charge >= 0.3 is 17.9 Å². The van der Waals surface area contributed by atoms with E-state index in [-0.39, 0.29) is 31.1 Å². The maximum Gasteiger partial charge on any atom is 0.306 e. The molecule has 0 bridgehead atoms. The minimum Gasteiger partial charge on any atom is -0.462 e. The maximum atomic E-state index is 12.7. The third-order valence-corrected chi connectivity index (χ3v) is 9.35. The quantitative estimate of drug-likeness (QED) is 0.0270. The molecule has 0 aliphatic heterocycles. The van der Waals surface area contributed by atoms with Gasteiger partial charge in [-0.25, -0.2) is 0 Å². The standard InChI is InChI=1S/C47H82O6/c1-4-7-10-13-16-18-20-22-23-24-25-26-28-29-31-34-37-40-46(49)52-43-44(42-51-45(48)39-36-33-15-12-9-6-3)53-47(50)41-38-35-32-30-27-21-19-17-14-11-8-5-2/h7,10,16,18,22-23,25-26,44H,4-6,8-9,11-15,17,19-21,24,27-43H2,1-3H3/b10-7-,18-16-,23-22-,26-25-. The number of rotatable bonds is 39. The molecule has 306 valence electrons. The Kier molecular flexibility index (Phi) is 40.0. The van der Waals surface area contributed by atoms with Crippen molar-refractivity contribution in [2.75, 3.05) is 13.2 Å². The lowest BCUT2D eigenvalue weighted by Gasteiger charge is -2.18. The van der Waals surface area contributed by atoms with E-state index in [2.05, 4.69) is 69.4 Å². The fraction of sp³-hybridized carbons (Fsp3) is 0.766. The van der Waals surface area contributed by atoms with Crippen molar-refractivity contribution in [3.05, 3.63) is 48.6 Å². The van der Waals surface area contributed by atoms with Crippen molar-refractivity contribution >= 4 is 17.9 Å². The van der Waals surface area contributed by atoms with E-state index < -0.39 is 6.10 Å². The Morgan fingerprint density at radius 1 is 0.396 bits per heavy atom. The number of allylic oxidation sites excluding steroid dienone is 8. The first-order chi connectivity index (χ1) is 26.0. The van der Waals surface area contributed by atoms with Crippen molar-refractivity contribution in [3.63, 3.8) is 0 Å². The second kappa shape index (κ2) is 42.1. The van der Waals surface area contributed by atoms with E-state index in [0.29, 0.717) is 19.3 Å². The second-order valence-corrected chi connectivity index (χ2v) is 14.6. The number of ether oxygens (including phenoxy) is 3. The zero-order chi connectivity index (χ0) is 38.7. The van der Waals surface area contributed by atoms with E-state index in [0.717, 1.165) is 96.3 Å². The van der Waals surface area contributed by atoms with Crippen LogP contribution >= 0.6 is 0 Å². The molecule has 0 spiro atoms. The largest absolute Gasteiger partial charge is 0.462 e. The maximum absolute atomic E-state index is 12.7. The predicted molar refractivity (Wildman–Crippen MR) is 224 cm³/mol. The molecule has 1 unspecified atom stereocenters. The van der Waals surface area contributed by atoms with Gasteiger partial charge in [-0.1, -0.05) is 185 Å². The number of carbonyl (C=O) groups is 3. The van der Waals surface area contributed by atoms with Crippen molar-refractivity contribution in [1.29, 1.82) is 0 Å². The lowest BCUT2D eigenvalue weighted by atomic mass is 10.0. The Labute approximate surface area is 327 Å². The number of hydrogen-bond acceptors (Lipinski definition) is 6. The Bertz CT molecular complexity index is 949. The van der Waals surface area contributed by atoms with E-state index >= 15 is 0 Å². The fourth-order valence-electron chi connectivity index (χ4n) is 6.02. The SMILES string of the molecule is CC/C=C\C/C=C\C/C=C\C/C=C\CCCCCCC(=O)OCC(COC(=O)CCCCCCCC)OC(=O)CCCCCCCCCCCCCC. The van der Waals surface area contributed by atoms with E-state index in [1.54, 1.807) is 0 Å². The molecule has 0 aromatic heterocycles. The average molecular weight is 743 g/mol. The Morgan fingerprint density at radius 3 is 1.15 bits per heavy atom. The molecule has 0 saturated heterocycles. The molecule has 0 fully saturated rings. The molecule has 0 amide bonds. The van der Waals surface area contributed by atoms with Gasteiger partial charge in [0.2, 0.25) is 0 Å². The highest BCUT2D eigenvalue weighted by atomic mass is 16.6. The summed E-state index contributed by atoms with van der Waals surface area (Å²) in [7, 11) is 0. The van der Waals surface area contributed by atoms with Crippen molar-refractivity contribution in [2.45, 2.75) is 219 Å². The van der Waals surface area contributed by atoms with Crippen molar-refractivity contribution in [3.8, 4) is 0 Å². The molecule has 6 heteroatoms. The van der Waals surface area contributed by atoms with E-state index in [1.165, 1.54) is 77.0 Å². The summed E-state index contributed by atoms with van der Waals surface area (Å²) in [6.07, 6.45) is 48.2. The van der Waals surface area contributed by atoms with Gasteiger partial charge in [-0.05, 0) is 57.8 Å². The molecule has 0 N–H and O–H groups in total. The Morgan fingerprint density at radius 2 is 0.736 bits per heavy atom. The van der Waals surface area contributed by atoms with Gasteiger partial charge in [-0.3, -0.25) is 14.4 Å². The molecule has 0 aliphatic carbocycles. The van der Waals surface area contributed by atoms with Crippen LogP contribution in [0.15, 0.2) is 48.6 Å². The number of carbonyl (C=O) groups excluding carboxylic acids is 3. The molecule has 0 aromatic rings. The van der Waals surface area contributed by atoms with Gasteiger partial charge in [0.1, 0.15) is 13.2 Å². The third-order valence-electron chi connectivity index (χ3n) is 9.35. The second-order valence-electron chi connectivity index (χ2n) is 14.6. The molecule has 0 aliphatic rings. The summed E-state index contributed by atoms with van der Waals surface area (Å²) in [4.78, 5) is 37.5. The zero-order valence-electron chi connectivity index (χ0n) is 34.8. The molecule has 0 radical (unpaired) electrons. The highest BCUT2D eigenvalue weighted by Gasteiger charge is 2.19. The molecule has 0 rings (SSSR count). The summed E-state index contributed by atoms with van der Waals surface area (Å²) in [5.74, 6) is -0.915. The summed E-state index contributed by atoms with van der Waals surface area (Å²) < 4.78 is 16.6. The van der Waals surface area contributed by atoms with Crippen molar-refractivity contribution < 1.29 is 28.6 Å². The normalized spacial score (nSPS) is 12.4. The van der Waals surface area contributed by atoms with Crippen LogP contribution in [0.1, 0.15) is 213 Å². The van der Waals surface area contributed by atoms with Crippen LogP contribution in [0.2, 0.25) is 0 Å². The lowest BCUT2D eigenvalue weighted by Crippen LogP contribution is -2.30. The van der Waals surface area contributed by atoms with Crippen LogP contribution in [0.4, 0.5) is 0 Å². The molecule has 1 atom stereocenters. The minimum absolute atomic E-state index is 0.0799. The molecular formula is C47H82O6. The highest BCUT2D eigenvalue weighted by Crippen LogP contribution is 2.14. The van der Waals surface area contributed by atoms with Crippen LogP contribution in [-0.4, -0.2) is 37.2 Å². The van der Waals surface area contributed by atoms with Crippen LogP contribution in [0, 0.1) is 0 Å². The lowest BCUT2D eigenvalue weighted by molar-refractivity contribution is -0.167. The smallest absolute Gasteiger partial charge is 0.306 e. The number of unbranched alkanes of at least 4 members (excludes halogenated alkanes) is 20. The fourth-order valence-corrected chi connectivity index (χ4v) is 6.02. The van der Waals surface area contributed by atoms with Gasteiger partial charge in [0.05, 0.1) is 0 Å². The molecular weight excluding hydrogens is 661 g/mol. The summed E-state index contributed by atoms with van der Waals surface area (Å²) in [5.41, 5.74) is 0. The summed E-state index contributed by atoms with van der Waals surface area (Å²) >= 11 is 0. The summed E-state index contributed by atoms with van der Waals surface area (Å²) in [6, 6.07) is 0. The van der Waals surface area contributed by atoms with E-state index in [1.807, 2.05) is 0 Å². The first kappa shape index (κ1) is 50.4. The molecule has 0 heterocycles. The molecule has 0 aromatic carbocycles. The van der Waals surface area contributed by atoms with Gasteiger partial charge in [0, 0.05) is 19.3 Å². The van der Waals surface area contributed by atoms with Gasteiger partial charge in [0.15, 0.2) is 6.10 Å². The first-order valence-corrected chi connectivity index (χ1v) is 22.1. The number of esters is 3. The Balaban J connectivity index is 4.31. The molecule has 53 heavy (non-hydrogen) atoms. The molecule has 6 nitrogen and oxygen atoms in total. The van der Waals surface area contributed by atoms with E-state index in [9.17, 15) is 14.4 Å². The van der Waals surface area contributed by atoms with E-state index in [4.69, 9.17) is 14.2 Å². The van der Waals surface area contributed by atoms with Crippen LogP contribution in [0.25, 0.3) is 0 Å². The van der Waals surface area contributed by atoms with Crippen molar-refractivity contribution in [2.24, 2.45) is 0 Å². The number of hydrogen-bond donors (Lipinski definition) is 0. The van der Waals surface area contributed by atoms with Crippen molar-refractivity contribution in [1.82, 2.24) is 0 Å². The average Bonchev–Trinajstić information content (AvgIpc) is 3.15. The zero-order valence-corrected chi connectivity index (χ0v) is 34.8. The topological polar surface area (TPSA) is 78.9 Å². The summed E-state index contributed by atoms with van der Waals surface area (Å²) in [6.45, 7) is 6.43. The molecule has 0 saturated carbocycles. The van der Waals surface area contributed by atoms with Crippen LogP contribution in [0.3, 0.4) is 0 Å². The van der Waals surface area contributed by atoms with Gasteiger partial charge < -0.3 is 14.2 Å². The highest BCUT2D eigenvalue weighted by molar-refractivity contribution is 5.71. The third kappa shape index (κ3) is 40.4. The first-order valence-electron chi connectivity index (χ1n) is 22.1. The van der Waals surface area contributed by atoms with Crippen LogP contribution in [0.5, 0.6) is 0 Å². The van der Waals surface area contributed by atoms with Crippen LogP contribution < -0.4 is 0 Å². The van der Waals surface area contributed by atoms with Gasteiger partial charge in [-0.15, -0.1) is 0 Å². The predicted octanol–water partition coefficient (Wildman–Crippen LogP) is 14.0. The van der Waals surface area contributed by atoms with Gasteiger partial charge in [0.25, 0.3) is 0 Å². The Hall–Kier alpha value is -2.63.